The Bertz CT molecular complexity index is 633. The van der Waals surface area contributed by atoms with Gasteiger partial charge < -0.3 is 9.73 Å². The van der Waals surface area contributed by atoms with Gasteiger partial charge in [0, 0.05) is 6.04 Å². The molecule has 0 amide bonds. The molecule has 102 valence electrons. The van der Waals surface area contributed by atoms with E-state index < -0.39 is 0 Å². The van der Waals surface area contributed by atoms with Gasteiger partial charge in [-0.05, 0) is 63.4 Å². The molecule has 19 heavy (non-hydrogen) atoms. The van der Waals surface area contributed by atoms with Crippen LogP contribution in [0.2, 0.25) is 0 Å². The number of benzene rings is 1. The van der Waals surface area contributed by atoms with E-state index in [4.69, 9.17) is 4.42 Å². The Labute approximate surface area is 112 Å². The third-order valence-corrected chi connectivity index (χ3v) is 3.96. The van der Waals surface area contributed by atoms with Crippen molar-refractivity contribution in [3.8, 4) is 0 Å². The lowest BCUT2D eigenvalue weighted by Gasteiger charge is -2.23. The average molecular weight is 260 g/mol. The zero-order valence-corrected chi connectivity index (χ0v) is 11.5. The van der Waals surface area contributed by atoms with E-state index >= 15 is 0 Å². The van der Waals surface area contributed by atoms with E-state index in [0.29, 0.717) is 11.5 Å². The van der Waals surface area contributed by atoms with Crippen LogP contribution < -0.4 is 11.1 Å². The molecular weight excluding hydrogens is 240 g/mol. The quantitative estimate of drug-likeness (QED) is 0.903. The topological polar surface area (TPSA) is 47.2 Å². The summed E-state index contributed by atoms with van der Waals surface area (Å²) in [4.78, 5) is 11.9. The van der Waals surface area contributed by atoms with Crippen molar-refractivity contribution in [3.05, 3.63) is 34.3 Å². The van der Waals surface area contributed by atoms with Crippen LogP contribution in [0.1, 0.15) is 44.2 Å². The molecule has 2 heterocycles. The van der Waals surface area contributed by atoms with Crippen molar-refractivity contribution in [2.24, 2.45) is 0 Å². The van der Waals surface area contributed by atoms with Crippen molar-refractivity contribution in [1.29, 1.82) is 0 Å². The number of hydrogen-bond acceptors (Lipinski definition) is 3. The molecule has 0 saturated carbocycles. The van der Waals surface area contributed by atoms with Gasteiger partial charge in [-0.15, -0.1) is 0 Å². The molecule has 1 saturated heterocycles. The summed E-state index contributed by atoms with van der Waals surface area (Å²) in [5.41, 5.74) is 2.94. The molecule has 0 radical (unpaired) electrons. The number of oxazole rings is 1. The highest BCUT2D eigenvalue weighted by Crippen LogP contribution is 2.28. The molecule has 0 bridgehead atoms. The van der Waals surface area contributed by atoms with Crippen molar-refractivity contribution >= 4 is 11.1 Å². The maximum atomic E-state index is 11.9. The van der Waals surface area contributed by atoms with Gasteiger partial charge in [0.05, 0.1) is 5.52 Å². The highest BCUT2D eigenvalue weighted by atomic mass is 16.4. The Hall–Kier alpha value is -1.55. The predicted molar refractivity (Wildman–Crippen MR) is 75.7 cm³/mol. The van der Waals surface area contributed by atoms with Crippen LogP contribution in [0.3, 0.4) is 0 Å². The van der Waals surface area contributed by atoms with E-state index in [1.807, 2.05) is 19.9 Å². The van der Waals surface area contributed by atoms with Gasteiger partial charge >= 0.3 is 5.76 Å². The molecule has 1 aliphatic heterocycles. The molecule has 4 heteroatoms. The lowest BCUT2D eigenvalue weighted by molar-refractivity contribution is 0.460. The Morgan fingerprint density at radius 3 is 2.74 bits per heavy atom. The van der Waals surface area contributed by atoms with Gasteiger partial charge in [-0.2, -0.15) is 0 Å². The first-order valence-corrected chi connectivity index (χ1v) is 7.02. The molecule has 0 spiro atoms. The maximum Gasteiger partial charge on any atom is 0.420 e. The Balaban J connectivity index is 2.08. The van der Waals surface area contributed by atoms with Gasteiger partial charge in [0.15, 0.2) is 5.58 Å². The van der Waals surface area contributed by atoms with Crippen molar-refractivity contribution in [2.75, 3.05) is 13.1 Å². The summed E-state index contributed by atoms with van der Waals surface area (Å²) in [7, 11) is 0. The first-order valence-electron chi connectivity index (χ1n) is 7.02. The van der Waals surface area contributed by atoms with Crippen molar-refractivity contribution in [3.63, 3.8) is 0 Å². The van der Waals surface area contributed by atoms with Crippen LogP contribution in [0.5, 0.6) is 0 Å². The number of aromatic nitrogens is 1. The van der Waals surface area contributed by atoms with Crippen molar-refractivity contribution < 1.29 is 4.42 Å². The van der Waals surface area contributed by atoms with Gasteiger partial charge in [-0.25, -0.2) is 4.79 Å². The highest BCUT2D eigenvalue weighted by molar-refractivity contribution is 5.74. The molecule has 1 aromatic heterocycles. The van der Waals surface area contributed by atoms with Gasteiger partial charge in [0.2, 0.25) is 0 Å². The van der Waals surface area contributed by atoms with E-state index in [2.05, 4.69) is 17.4 Å². The fraction of sp³-hybridized carbons (Fsp3) is 0.533. The Morgan fingerprint density at radius 2 is 2.05 bits per heavy atom. The lowest BCUT2D eigenvalue weighted by Crippen LogP contribution is -2.26. The van der Waals surface area contributed by atoms with E-state index in [0.717, 1.165) is 31.4 Å². The number of piperidine rings is 1. The monoisotopic (exact) mass is 260 g/mol. The first-order chi connectivity index (χ1) is 9.16. The molecule has 1 fully saturated rings. The zero-order valence-electron chi connectivity index (χ0n) is 11.5. The number of fused-ring (bicyclic) bond motifs is 1. The minimum Gasteiger partial charge on any atom is -0.408 e. The third-order valence-electron chi connectivity index (χ3n) is 3.96. The summed E-state index contributed by atoms with van der Waals surface area (Å²) in [6.07, 6.45) is 2.32. The molecule has 2 aromatic rings. The number of nitrogens with one attached hydrogen (secondary N) is 1. The minimum atomic E-state index is -0.257. The summed E-state index contributed by atoms with van der Waals surface area (Å²) in [5.74, 6) is 0.337. The van der Waals surface area contributed by atoms with Crippen molar-refractivity contribution in [1.82, 2.24) is 9.88 Å². The summed E-state index contributed by atoms with van der Waals surface area (Å²) in [6.45, 7) is 6.16. The number of nitrogens with zero attached hydrogens (tertiary/aromatic N) is 1. The fourth-order valence-corrected chi connectivity index (χ4v) is 2.95. The molecule has 0 atom stereocenters. The Kier molecular flexibility index (Phi) is 3.19. The Morgan fingerprint density at radius 1 is 1.32 bits per heavy atom. The van der Waals surface area contributed by atoms with E-state index in [1.165, 1.54) is 5.56 Å². The maximum absolute atomic E-state index is 11.9. The largest absolute Gasteiger partial charge is 0.420 e. The van der Waals surface area contributed by atoms with Crippen LogP contribution in [0, 0.1) is 0 Å². The number of hydrogen-bond donors (Lipinski definition) is 1. The third kappa shape index (κ3) is 2.21. The molecule has 4 nitrogen and oxygen atoms in total. The van der Waals surface area contributed by atoms with Gasteiger partial charge in [0.1, 0.15) is 0 Å². The van der Waals surface area contributed by atoms with Gasteiger partial charge in [-0.1, -0.05) is 6.07 Å². The molecule has 1 aromatic carbocycles. The van der Waals surface area contributed by atoms with Crippen molar-refractivity contribution in [2.45, 2.75) is 38.6 Å². The SMILES string of the molecule is CC(C)n1c(=O)oc2ccc(C3CCNCC3)cc21. The van der Waals surface area contributed by atoms with Crippen LogP contribution in [0.4, 0.5) is 0 Å². The smallest absolute Gasteiger partial charge is 0.408 e. The van der Waals surface area contributed by atoms with Crippen LogP contribution in [0.15, 0.2) is 27.4 Å². The van der Waals surface area contributed by atoms with Crippen LogP contribution in [0.25, 0.3) is 11.1 Å². The molecule has 1 N–H and O–H groups in total. The fourth-order valence-electron chi connectivity index (χ4n) is 2.95. The molecule has 3 rings (SSSR count). The highest BCUT2D eigenvalue weighted by Gasteiger charge is 2.18. The van der Waals surface area contributed by atoms with Crippen LogP contribution in [-0.4, -0.2) is 17.7 Å². The van der Waals surface area contributed by atoms with E-state index in [1.54, 1.807) is 4.57 Å². The second-order valence-electron chi connectivity index (χ2n) is 5.58. The van der Waals surface area contributed by atoms with E-state index in [9.17, 15) is 4.79 Å². The molecule has 0 aliphatic carbocycles. The second-order valence-corrected chi connectivity index (χ2v) is 5.58. The summed E-state index contributed by atoms with van der Waals surface area (Å²) in [6, 6.07) is 6.30. The summed E-state index contributed by atoms with van der Waals surface area (Å²) >= 11 is 0. The summed E-state index contributed by atoms with van der Waals surface area (Å²) in [5, 5.41) is 3.38. The second kappa shape index (κ2) is 4.85. The molecular formula is C15H20N2O2. The predicted octanol–water partition coefficient (Wildman–Crippen LogP) is 2.64. The first kappa shape index (κ1) is 12.5. The minimum absolute atomic E-state index is 0.122. The van der Waals surface area contributed by atoms with Gasteiger partial charge in [0.25, 0.3) is 0 Å². The lowest BCUT2D eigenvalue weighted by atomic mass is 9.90. The van der Waals surface area contributed by atoms with Crippen LogP contribution >= 0.6 is 0 Å². The van der Waals surface area contributed by atoms with E-state index in [-0.39, 0.29) is 11.8 Å². The molecule has 1 aliphatic rings. The van der Waals surface area contributed by atoms with Gasteiger partial charge in [-0.3, -0.25) is 4.57 Å². The zero-order chi connectivity index (χ0) is 13.4. The average Bonchev–Trinajstić information content (AvgIpc) is 2.74. The summed E-state index contributed by atoms with van der Waals surface area (Å²) < 4.78 is 7.03. The normalized spacial score (nSPS) is 17.4. The molecule has 0 unspecified atom stereocenters. The number of rotatable bonds is 2. The standard InChI is InChI=1S/C15H20N2O2/c1-10(2)17-13-9-12(11-5-7-16-8-6-11)3-4-14(13)19-15(17)18/h3-4,9-11,16H,5-8H2,1-2H3. The van der Waals surface area contributed by atoms with Crippen LogP contribution in [-0.2, 0) is 0 Å².